The Bertz CT molecular complexity index is 990. The van der Waals surface area contributed by atoms with Crippen LogP contribution in [0.2, 0.25) is 10.0 Å². The molecular weight excluding hydrogens is 421 g/mol. The normalized spacial score (nSPS) is 10.6. The smallest absolute Gasteiger partial charge is 0.180 e. The zero-order valence-electron chi connectivity index (χ0n) is 17.3. The summed E-state index contributed by atoms with van der Waals surface area (Å²) in [4.78, 5) is 0. The summed E-state index contributed by atoms with van der Waals surface area (Å²) in [6.07, 6.45) is 0. The van der Waals surface area contributed by atoms with Crippen LogP contribution in [0.4, 0.5) is 5.69 Å². The molecule has 1 N–H and O–H groups in total. The van der Waals surface area contributed by atoms with E-state index in [2.05, 4.69) is 24.4 Å². The molecule has 6 heteroatoms. The van der Waals surface area contributed by atoms with E-state index in [1.165, 1.54) is 5.56 Å². The molecule has 0 bridgehead atoms. The first-order chi connectivity index (χ1) is 14.5. The highest BCUT2D eigenvalue weighted by Gasteiger charge is 2.13. The van der Waals surface area contributed by atoms with Crippen molar-refractivity contribution in [1.29, 1.82) is 0 Å². The van der Waals surface area contributed by atoms with Gasteiger partial charge in [0.15, 0.2) is 11.5 Å². The first-order valence-electron chi connectivity index (χ1n) is 9.71. The van der Waals surface area contributed by atoms with Crippen LogP contribution < -0.4 is 19.5 Å². The van der Waals surface area contributed by atoms with E-state index in [9.17, 15) is 0 Å². The summed E-state index contributed by atoms with van der Waals surface area (Å²) in [6, 6.07) is 17.6. The second-order valence-electron chi connectivity index (χ2n) is 6.82. The van der Waals surface area contributed by atoms with Gasteiger partial charge in [-0.3, -0.25) is 0 Å². The number of hydrogen-bond donors (Lipinski definition) is 1. The third kappa shape index (κ3) is 5.74. The summed E-state index contributed by atoms with van der Waals surface area (Å²) in [7, 11) is 1.59. The fourth-order valence-corrected chi connectivity index (χ4v) is 3.49. The lowest BCUT2D eigenvalue weighted by atomic mass is 10.1. The van der Waals surface area contributed by atoms with Crippen LogP contribution >= 0.6 is 23.2 Å². The van der Waals surface area contributed by atoms with Gasteiger partial charge in [-0.1, -0.05) is 53.0 Å². The Morgan fingerprint density at radius 2 is 1.60 bits per heavy atom. The van der Waals surface area contributed by atoms with Crippen LogP contribution in [0.25, 0.3) is 0 Å². The van der Waals surface area contributed by atoms with E-state index in [1.807, 2.05) is 49.4 Å². The van der Waals surface area contributed by atoms with Gasteiger partial charge >= 0.3 is 0 Å². The number of ether oxygens (including phenoxy) is 3. The average molecular weight is 446 g/mol. The van der Waals surface area contributed by atoms with Crippen LogP contribution in [0.5, 0.6) is 17.2 Å². The Morgan fingerprint density at radius 1 is 0.833 bits per heavy atom. The largest absolute Gasteiger partial charge is 0.495 e. The van der Waals surface area contributed by atoms with Crippen LogP contribution in [-0.2, 0) is 13.2 Å². The number of nitrogens with one attached hydrogen (secondary N) is 1. The molecule has 0 unspecified atom stereocenters. The average Bonchev–Trinajstić information content (AvgIpc) is 2.73. The van der Waals surface area contributed by atoms with E-state index < -0.39 is 0 Å². The zero-order valence-corrected chi connectivity index (χ0v) is 18.8. The molecular formula is C24H25Cl2NO3. The molecule has 0 aliphatic rings. The molecule has 3 rings (SSSR count). The maximum Gasteiger partial charge on any atom is 0.180 e. The van der Waals surface area contributed by atoms with E-state index in [1.54, 1.807) is 7.11 Å². The first-order valence-corrected chi connectivity index (χ1v) is 10.5. The van der Waals surface area contributed by atoms with Crippen molar-refractivity contribution in [3.05, 3.63) is 81.3 Å². The summed E-state index contributed by atoms with van der Waals surface area (Å²) < 4.78 is 17.0. The summed E-state index contributed by atoms with van der Waals surface area (Å²) in [5.74, 6) is 1.82. The molecule has 30 heavy (non-hydrogen) atoms. The van der Waals surface area contributed by atoms with Crippen molar-refractivity contribution in [3.63, 3.8) is 0 Å². The van der Waals surface area contributed by atoms with Gasteiger partial charge in [0.2, 0.25) is 0 Å². The highest BCUT2D eigenvalue weighted by molar-refractivity contribution is 6.32. The minimum absolute atomic E-state index is 0.419. The lowest BCUT2D eigenvalue weighted by Gasteiger charge is -2.16. The van der Waals surface area contributed by atoms with Crippen molar-refractivity contribution in [3.8, 4) is 17.2 Å². The van der Waals surface area contributed by atoms with Crippen molar-refractivity contribution < 1.29 is 14.2 Å². The molecule has 0 fully saturated rings. The van der Waals surface area contributed by atoms with Gasteiger partial charge in [0, 0.05) is 12.2 Å². The minimum atomic E-state index is 0.419. The van der Waals surface area contributed by atoms with E-state index in [-0.39, 0.29) is 0 Å². The van der Waals surface area contributed by atoms with Crippen molar-refractivity contribution >= 4 is 28.9 Å². The topological polar surface area (TPSA) is 39.7 Å². The maximum atomic E-state index is 6.54. The number of hydrogen-bond acceptors (Lipinski definition) is 4. The number of methoxy groups -OCH3 is 1. The molecule has 0 saturated heterocycles. The number of halogens is 2. The molecule has 0 amide bonds. The number of rotatable bonds is 9. The van der Waals surface area contributed by atoms with Gasteiger partial charge in [0.25, 0.3) is 0 Å². The molecule has 0 atom stereocenters. The van der Waals surface area contributed by atoms with Gasteiger partial charge in [-0.25, -0.2) is 0 Å². The Balaban J connectivity index is 1.73. The predicted octanol–water partition coefficient (Wildman–Crippen LogP) is 6.90. The van der Waals surface area contributed by atoms with Crippen LogP contribution in [-0.4, -0.2) is 13.7 Å². The molecule has 0 heterocycles. The monoisotopic (exact) mass is 445 g/mol. The Labute approximate surface area is 187 Å². The molecule has 3 aromatic carbocycles. The third-order valence-electron chi connectivity index (χ3n) is 4.52. The van der Waals surface area contributed by atoms with Gasteiger partial charge in [-0.2, -0.15) is 0 Å². The molecule has 0 radical (unpaired) electrons. The Hall–Kier alpha value is -2.56. The summed E-state index contributed by atoms with van der Waals surface area (Å²) in [5.41, 5.74) is 4.13. The Morgan fingerprint density at radius 3 is 2.27 bits per heavy atom. The van der Waals surface area contributed by atoms with E-state index >= 15 is 0 Å². The van der Waals surface area contributed by atoms with Gasteiger partial charge in [-0.15, -0.1) is 0 Å². The maximum absolute atomic E-state index is 6.54. The highest BCUT2D eigenvalue weighted by atomic mass is 35.5. The van der Waals surface area contributed by atoms with Crippen LogP contribution in [0.3, 0.4) is 0 Å². The van der Waals surface area contributed by atoms with Crippen molar-refractivity contribution in [2.24, 2.45) is 0 Å². The lowest BCUT2D eigenvalue weighted by molar-refractivity contribution is 0.269. The summed E-state index contributed by atoms with van der Waals surface area (Å²) in [5, 5.41) is 4.40. The molecule has 4 nitrogen and oxygen atoms in total. The van der Waals surface area contributed by atoms with Crippen LogP contribution in [0, 0.1) is 6.92 Å². The molecule has 0 saturated carbocycles. The van der Waals surface area contributed by atoms with Gasteiger partial charge < -0.3 is 19.5 Å². The molecule has 0 spiro atoms. The number of benzene rings is 3. The fraction of sp³-hybridized carbons (Fsp3) is 0.250. The zero-order chi connectivity index (χ0) is 21.5. The molecule has 158 valence electrons. The van der Waals surface area contributed by atoms with Gasteiger partial charge in [0.1, 0.15) is 12.4 Å². The summed E-state index contributed by atoms with van der Waals surface area (Å²) in [6.45, 7) is 5.48. The second-order valence-corrected chi connectivity index (χ2v) is 7.63. The van der Waals surface area contributed by atoms with E-state index in [4.69, 9.17) is 37.4 Å². The van der Waals surface area contributed by atoms with Crippen LogP contribution in [0.1, 0.15) is 23.6 Å². The molecule has 0 aromatic heterocycles. The molecule has 3 aromatic rings. The fourth-order valence-electron chi connectivity index (χ4n) is 2.95. The molecule has 0 aliphatic heterocycles. The quantitative estimate of drug-likeness (QED) is 0.388. The lowest BCUT2D eigenvalue weighted by Crippen LogP contribution is -2.04. The molecule has 0 aliphatic carbocycles. The first kappa shape index (κ1) is 22.1. The standard InChI is InChI=1S/C24H25Cl2NO3/c1-4-29-23-12-18(14-27-19-9-10-22(28-3)20(25)13-19)11-21(26)24(23)30-15-17-7-5-16(2)6-8-17/h5-13,27H,4,14-15H2,1-3H3. The van der Waals surface area contributed by atoms with Crippen molar-refractivity contribution in [2.45, 2.75) is 27.0 Å². The van der Waals surface area contributed by atoms with E-state index in [0.717, 1.165) is 16.8 Å². The van der Waals surface area contributed by atoms with E-state index in [0.29, 0.717) is 47.1 Å². The van der Waals surface area contributed by atoms with Crippen molar-refractivity contribution in [1.82, 2.24) is 0 Å². The van der Waals surface area contributed by atoms with Crippen molar-refractivity contribution in [2.75, 3.05) is 19.0 Å². The highest BCUT2D eigenvalue weighted by Crippen LogP contribution is 2.37. The third-order valence-corrected chi connectivity index (χ3v) is 5.10. The summed E-state index contributed by atoms with van der Waals surface area (Å²) >= 11 is 12.7. The SMILES string of the molecule is CCOc1cc(CNc2ccc(OC)c(Cl)c2)cc(Cl)c1OCc1ccc(C)cc1. The number of anilines is 1. The van der Waals surface area contributed by atoms with Crippen LogP contribution in [0.15, 0.2) is 54.6 Å². The predicted molar refractivity (Wildman–Crippen MR) is 123 cm³/mol. The minimum Gasteiger partial charge on any atom is -0.495 e. The van der Waals surface area contributed by atoms with Gasteiger partial charge in [-0.05, 0) is 55.3 Å². The van der Waals surface area contributed by atoms with Gasteiger partial charge in [0.05, 0.1) is 23.8 Å². The second kappa shape index (κ2) is 10.5. The number of aryl methyl sites for hydroxylation is 1. The Kier molecular flexibility index (Phi) is 7.72.